The molecule has 0 spiro atoms. The predicted molar refractivity (Wildman–Crippen MR) is 142 cm³/mol. The maximum absolute atomic E-state index is 14.7. The Morgan fingerprint density at radius 1 is 1.19 bits per heavy atom. The Morgan fingerprint density at radius 2 is 1.95 bits per heavy atom. The summed E-state index contributed by atoms with van der Waals surface area (Å²) in [6.45, 7) is 9.53. The molecule has 0 bridgehead atoms. The molecule has 4 rings (SSSR count). The van der Waals surface area contributed by atoms with Gasteiger partial charge < -0.3 is 15.2 Å². The molecule has 0 saturated carbocycles. The highest BCUT2D eigenvalue weighted by atomic mass is 35.5. The fourth-order valence-electron chi connectivity index (χ4n) is 4.10. The van der Waals surface area contributed by atoms with Crippen LogP contribution in [-0.4, -0.2) is 76.3 Å². The number of hydrogen-bond donors (Lipinski definition) is 2. The molecular formula is C26H30ClFN6O3. The van der Waals surface area contributed by atoms with Gasteiger partial charge in [-0.05, 0) is 38.1 Å². The number of halogens is 2. The molecule has 1 aliphatic heterocycles. The van der Waals surface area contributed by atoms with E-state index in [1.54, 1.807) is 36.4 Å². The molecular weight excluding hydrogens is 499 g/mol. The number of carboxylic acid groups (broad SMARTS) is 1. The van der Waals surface area contributed by atoms with Crippen LogP contribution in [0.2, 0.25) is 5.02 Å². The Hall–Kier alpha value is -3.47. The lowest BCUT2D eigenvalue weighted by molar-refractivity contribution is 0.0965. The van der Waals surface area contributed by atoms with Crippen molar-refractivity contribution in [3.8, 4) is 5.75 Å². The Kier molecular flexibility index (Phi) is 8.75. The SMILES string of the molecule is CC(C)N1CCN(CCOc2ccc(Nc3nccc(N(C(=O)O)c4ccccc4Cl)n3)cc2F)CC1. The summed E-state index contributed by atoms with van der Waals surface area (Å²) >= 11 is 6.19. The first-order valence-electron chi connectivity index (χ1n) is 12.1. The predicted octanol–water partition coefficient (Wildman–Crippen LogP) is 5.23. The molecule has 2 aromatic carbocycles. The van der Waals surface area contributed by atoms with Crippen molar-refractivity contribution >= 4 is 40.8 Å². The summed E-state index contributed by atoms with van der Waals surface area (Å²) in [6.07, 6.45) is 0.152. The quantitative estimate of drug-likeness (QED) is 0.390. The van der Waals surface area contributed by atoms with E-state index in [-0.39, 0.29) is 28.2 Å². The number of benzene rings is 2. The highest BCUT2D eigenvalue weighted by Gasteiger charge is 2.22. The van der Waals surface area contributed by atoms with Crippen LogP contribution in [-0.2, 0) is 0 Å². The van der Waals surface area contributed by atoms with Gasteiger partial charge in [-0.3, -0.25) is 9.80 Å². The van der Waals surface area contributed by atoms with E-state index in [9.17, 15) is 14.3 Å². The number of hydrogen-bond acceptors (Lipinski definition) is 7. The Bertz CT molecular complexity index is 1220. The van der Waals surface area contributed by atoms with Crippen LogP contribution in [0.25, 0.3) is 0 Å². The first kappa shape index (κ1) is 26.6. The van der Waals surface area contributed by atoms with Crippen LogP contribution in [0.4, 0.5) is 32.3 Å². The maximum Gasteiger partial charge on any atom is 0.417 e. The standard InChI is InChI=1S/C26H30ClFN6O3/c1-18(2)33-13-11-32(12-14-33)15-16-37-23-8-7-19(17-21(23)28)30-25-29-10-9-24(31-25)34(26(35)36)22-6-4-3-5-20(22)27/h3-10,17-18H,11-16H2,1-2H3,(H,35,36)(H,29,30,31). The second-order valence-corrected chi connectivity index (χ2v) is 9.31. The summed E-state index contributed by atoms with van der Waals surface area (Å²) in [5.74, 6) is -0.164. The molecule has 2 heterocycles. The Balaban J connectivity index is 1.37. The fourth-order valence-corrected chi connectivity index (χ4v) is 4.32. The molecule has 0 atom stereocenters. The smallest absolute Gasteiger partial charge is 0.417 e. The molecule has 0 aliphatic carbocycles. The lowest BCUT2D eigenvalue weighted by atomic mass is 10.2. The summed E-state index contributed by atoms with van der Waals surface area (Å²) in [6, 6.07) is 13.0. The molecule has 3 aromatic rings. The lowest BCUT2D eigenvalue weighted by Crippen LogP contribution is -2.49. The van der Waals surface area contributed by atoms with E-state index in [4.69, 9.17) is 16.3 Å². The third-order valence-electron chi connectivity index (χ3n) is 6.14. The molecule has 9 nitrogen and oxygen atoms in total. The number of carbonyl (C=O) groups is 1. The summed E-state index contributed by atoms with van der Waals surface area (Å²) in [4.78, 5) is 26.1. The number of ether oxygens (including phenoxy) is 1. The van der Waals surface area contributed by atoms with Gasteiger partial charge in [-0.1, -0.05) is 23.7 Å². The van der Waals surface area contributed by atoms with Crippen LogP contribution in [0.15, 0.2) is 54.7 Å². The van der Waals surface area contributed by atoms with Gasteiger partial charge in [0, 0.05) is 62.8 Å². The van der Waals surface area contributed by atoms with Crippen molar-refractivity contribution in [3.63, 3.8) is 0 Å². The van der Waals surface area contributed by atoms with Gasteiger partial charge in [-0.15, -0.1) is 0 Å². The third-order valence-corrected chi connectivity index (χ3v) is 6.46. The van der Waals surface area contributed by atoms with Crippen molar-refractivity contribution in [1.29, 1.82) is 0 Å². The average molecular weight is 529 g/mol. The number of aromatic nitrogens is 2. The molecule has 0 unspecified atom stereocenters. The fraction of sp³-hybridized carbons (Fsp3) is 0.346. The van der Waals surface area contributed by atoms with Gasteiger partial charge in [0.15, 0.2) is 11.6 Å². The summed E-state index contributed by atoms with van der Waals surface area (Å²) < 4.78 is 20.4. The van der Waals surface area contributed by atoms with Gasteiger partial charge in [0.25, 0.3) is 0 Å². The first-order valence-corrected chi connectivity index (χ1v) is 12.5. The molecule has 0 radical (unpaired) electrons. The highest BCUT2D eigenvalue weighted by Crippen LogP contribution is 2.31. The molecule has 1 saturated heterocycles. The van der Waals surface area contributed by atoms with Crippen LogP contribution in [0.3, 0.4) is 0 Å². The normalized spacial score (nSPS) is 14.5. The number of rotatable bonds is 9. The van der Waals surface area contributed by atoms with Crippen molar-refractivity contribution in [2.45, 2.75) is 19.9 Å². The minimum atomic E-state index is -1.26. The average Bonchev–Trinajstić information content (AvgIpc) is 2.87. The van der Waals surface area contributed by atoms with E-state index in [1.165, 1.54) is 18.3 Å². The first-order chi connectivity index (χ1) is 17.8. The van der Waals surface area contributed by atoms with E-state index in [0.29, 0.717) is 18.3 Å². The van der Waals surface area contributed by atoms with Crippen LogP contribution in [0.1, 0.15) is 13.8 Å². The van der Waals surface area contributed by atoms with Crippen LogP contribution < -0.4 is 15.0 Å². The second kappa shape index (κ2) is 12.2. The van der Waals surface area contributed by atoms with Crippen LogP contribution in [0.5, 0.6) is 5.75 Å². The third kappa shape index (κ3) is 6.85. The number of para-hydroxylation sites is 1. The molecule has 1 aromatic heterocycles. The van der Waals surface area contributed by atoms with Gasteiger partial charge in [0.1, 0.15) is 12.4 Å². The van der Waals surface area contributed by atoms with Gasteiger partial charge >= 0.3 is 6.09 Å². The Morgan fingerprint density at radius 3 is 2.62 bits per heavy atom. The van der Waals surface area contributed by atoms with E-state index in [2.05, 4.69) is 38.9 Å². The van der Waals surface area contributed by atoms with E-state index in [1.807, 2.05) is 0 Å². The largest absolute Gasteiger partial charge is 0.489 e. The molecule has 1 aliphatic rings. The lowest BCUT2D eigenvalue weighted by Gasteiger charge is -2.36. The van der Waals surface area contributed by atoms with Crippen LogP contribution >= 0.6 is 11.6 Å². The summed E-state index contributed by atoms with van der Waals surface area (Å²) in [5, 5.41) is 12.9. The summed E-state index contributed by atoms with van der Waals surface area (Å²) in [7, 11) is 0. The topological polar surface area (TPSA) is 94.1 Å². The van der Waals surface area contributed by atoms with Crippen molar-refractivity contribution in [3.05, 3.63) is 65.6 Å². The molecule has 196 valence electrons. The van der Waals surface area contributed by atoms with Crippen molar-refractivity contribution < 1.29 is 19.0 Å². The van der Waals surface area contributed by atoms with E-state index >= 15 is 0 Å². The number of piperazine rings is 1. The van der Waals surface area contributed by atoms with Crippen LogP contribution in [0, 0.1) is 5.82 Å². The van der Waals surface area contributed by atoms with E-state index in [0.717, 1.165) is 37.6 Å². The number of amides is 1. The van der Waals surface area contributed by atoms with Gasteiger partial charge in [-0.2, -0.15) is 4.98 Å². The minimum Gasteiger partial charge on any atom is -0.489 e. The molecule has 2 N–H and O–H groups in total. The molecule has 1 amide bonds. The zero-order valence-corrected chi connectivity index (χ0v) is 21.5. The zero-order valence-electron chi connectivity index (χ0n) is 20.8. The minimum absolute atomic E-state index is 0.0905. The number of nitrogens with one attached hydrogen (secondary N) is 1. The Labute approximate surface area is 220 Å². The number of anilines is 4. The second-order valence-electron chi connectivity index (χ2n) is 8.90. The van der Waals surface area contributed by atoms with Gasteiger partial charge in [0.05, 0.1) is 10.7 Å². The molecule has 37 heavy (non-hydrogen) atoms. The van der Waals surface area contributed by atoms with Gasteiger partial charge in [-0.25, -0.2) is 19.1 Å². The maximum atomic E-state index is 14.7. The van der Waals surface area contributed by atoms with Gasteiger partial charge in [0.2, 0.25) is 5.95 Å². The monoisotopic (exact) mass is 528 g/mol. The highest BCUT2D eigenvalue weighted by molar-refractivity contribution is 6.34. The molecule has 11 heteroatoms. The van der Waals surface area contributed by atoms with Crippen molar-refractivity contribution in [2.75, 3.05) is 49.5 Å². The van der Waals surface area contributed by atoms with Crippen molar-refractivity contribution in [2.24, 2.45) is 0 Å². The number of nitrogens with zero attached hydrogens (tertiary/aromatic N) is 5. The van der Waals surface area contributed by atoms with E-state index < -0.39 is 11.9 Å². The summed E-state index contributed by atoms with van der Waals surface area (Å²) in [5.41, 5.74) is 0.655. The molecule has 1 fully saturated rings. The zero-order chi connectivity index (χ0) is 26.4. The van der Waals surface area contributed by atoms with Crippen molar-refractivity contribution in [1.82, 2.24) is 19.8 Å².